The SMILES string of the molecule is COc1cc(OC)c(C(=O)Cl)cc1Cc1cccc(Cl)c1F.COc1cc(OC)c(C(=O)O)cc1Cc1cccc(Cl)c1F. The summed E-state index contributed by atoms with van der Waals surface area (Å²) in [7, 11) is 5.73. The van der Waals surface area contributed by atoms with Crippen molar-refractivity contribution in [3.63, 3.8) is 0 Å². The van der Waals surface area contributed by atoms with Gasteiger partial charge in [-0.25, -0.2) is 13.6 Å². The molecule has 0 atom stereocenters. The van der Waals surface area contributed by atoms with Gasteiger partial charge in [-0.05, 0) is 58.1 Å². The van der Waals surface area contributed by atoms with Gasteiger partial charge in [-0.1, -0.05) is 47.5 Å². The molecule has 0 aromatic heterocycles. The molecule has 44 heavy (non-hydrogen) atoms. The van der Waals surface area contributed by atoms with Crippen molar-refractivity contribution in [3.05, 3.63) is 116 Å². The van der Waals surface area contributed by atoms with E-state index in [1.165, 1.54) is 58.8 Å². The van der Waals surface area contributed by atoms with Gasteiger partial charge >= 0.3 is 5.97 Å². The molecule has 7 nitrogen and oxygen atoms in total. The Hall–Kier alpha value is -4.05. The highest BCUT2D eigenvalue weighted by molar-refractivity contribution is 6.68. The largest absolute Gasteiger partial charge is 0.496 e. The Morgan fingerprint density at radius 2 is 1.02 bits per heavy atom. The molecule has 0 aliphatic heterocycles. The van der Waals surface area contributed by atoms with Crippen molar-refractivity contribution in [1.29, 1.82) is 0 Å². The number of aromatic carboxylic acids is 1. The summed E-state index contributed by atoms with van der Waals surface area (Å²) in [6.07, 6.45) is 0.358. The fourth-order valence-electron chi connectivity index (χ4n) is 4.31. The summed E-state index contributed by atoms with van der Waals surface area (Å²) >= 11 is 17.1. The maximum Gasteiger partial charge on any atom is 0.339 e. The third-order valence-electron chi connectivity index (χ3n) is 6.47. The number of carboxylic acids is 1. The number of carbonyl (C=O) groups is 2. The Morgan fingerprint density at radius 1 is 0.636 bits per heavy atom. The monoisotopic (exact) mass is 666 g/mol. The topological polar surface area (TPSA) is 91.3 Å². The fraction of sp³-hybridized carbons (Fsp3) is 0.188. The second kappa shape index (κ2) is 15.6. The lowest BCUT2D eigenvalue weighted by atomic mass is 10.0. The first kappa shape index (κ1) is 34.4. The maximum absolute atomic E-state index is 14.0. The molecule has 0 unspecified atom stereocenters. The minimum absolute atomic E-state index is 0.0132. The first-order chi connectivity index (χ1) is 20.9. The Labute approximate surface area is 267 Å². The van der Waals surface area contributed by atoms with Crippen LogP contribution in [-0.2, 0) is 12.8 Å². The Morgan fingerprint density at radius 3 is 1.39 bits per heavy atom. The second-order valence-electron chi connectivity index (χ2n) is 9.09. The number of hydrogen-bond acceptors (Lipinski definition) is 6. The lowest BCUT2D eigenvalue weighted by molar-refractivity contribution is 0.0693. The van der Waals surface area contributed by atoms with Crippen LogP contribution in [-0.4, -0.2) is 44.8 Å². The highest BCUT2D eigenvalue weighted by Crippen LogP contribution is 2.34. The van der Waals surface area contributed by atoms with E-state index >= 15 is 0 Å². The number of benzene rings is 4. The van der Waals surface area contributed by atoms with Crippen LogP contribution in [0.25, 0.3) is 0 Å². The number of halogens is 5. The van der Waals surface area contributed by atoms with Gasteiger partial charge in [0.15, 0.2) is 0 Å². The van der Waals surface area contributed by atoms with Crippen molar-refractivity contribution in [2.24, 2.45) is 0 Å². The van der Waals surface area contributed by atoms with Gasteiger partial charge in [-0.3, -0.25) is 4.79 Å². The van der Waals surface area contributed by atoms with Gasteiger partial charge in [0.2, 0.25) is 0 Å². The van der Waals surface area contributed by atoms with E-state index in [0.29, 0.717) is 39.5 Å². The highest BCUT2D eigenvalue weighted by Gasteiger charge is 2.19. The van der Waals surface area contributed by atoms with Gasteiger partial charge in [0.1, 0.15) is 40.2 Å². The Bertz CT molecular complexity index is 1560. The van der Waals surface area contributed by atoms with Crippen LogP contribution in [0.15, 0.2) is 60.7 Å². The van der Waals surface area contributed by atoms with Gasteiger partial charge in [-0.15, -0.1) is 0 Å². The molecule has 0 bridgehead atoms. The number of methoxy groups -OCH3 is 4. The van der Waals surface area contributed by atoms with Crippen LogP contribution < -0.4 is 18.9 Å². The van der Waals surface area contributed by atoms with Gasteiger partial charge in [0, 0.05) is 25.0 Å². The highest BCUT2D eigenvalue weighted by atomic mass is 35.5. The van der Waals surface area contributed by atoms with E-state index in [4.69, 9.17) is 53.8 Å². The Kier molecular flexibility index (Phi) is 12.2. The molecule has 1 N–H and O–H groups in total. The molecule has 4 aromatic rings. The third-order valence-corrected chi connectivity index (χ3v) is 7.26. The second-order valence-corrected chi connectivity index (χ2v) is 10.2. The van der Waals surface area contributed by atoms with E-state index in [2.05, 4.69) is 0 Å². The van der Waals surface area contributed by atoms with Gasteiger partial charge in [0.25, 0.3) is 5.24 Å². The molecule has 0 aliphatic carbocycles. The summed E-state index contributed by atoms with van der Waals surface area (Å²) in [4.78, 5) is 22.8. The van der Waals surface area contributed by atoms with Gasteiger partial charge < -0.3 is 24.1 Å². The van der Waals surface area contributed by atoms with Crippen LogP contribution in [0.4, 0.5) is 8.78 Å². The number of rotatable bonds is 10. The normalized spacial score (nSPS) is 10.4. The molecule has 0 saturated heterocycles. The molecule has 4 rings (SSSR count). The van der Waals surface area contributed by atoms with E-state index in [0.717, 1.165) is 0 Å². The summed E-state index contributed by atoms with van der Waals surface area (Å²) in [5.74, 6) is -0.794. The van der Waals surface area contributed by atoms with Crippen molar-refractivity contribution in [3.8, 4) is 23.0 Å². The lowest BCUT2D eigenvalue weighted by Crippen LogP contribution is -2.05. The molecular formula is C32H27Cl3F2O7. The predicted molar refractivity (Wildman–Crippen MR) is 165 cm³/mol. The molecule has 0 saturated carbocycles. The van der Waals surface area contributed by atoms with E-state index in [1.54, 1.807) is 30.3 Å². The molecule has 0 aliphatic rings. The van der Waals surface area contributed by atoms with E-state index in [1.807, 2.05) is 0 Å². The number of carboxylic acid groups (broad SMARTS) is 1. The first-order valence-corrected chi connectivity index (χ1v) is 13.9. The molecule has 0 amide bonds. The van der Waals surface area contributed by atoms with E-state index < -0.39 is 22.8 Å². The average Bonchev–Trinajstić information content (AvgIpc) is 3.01. The molecule has 232 valence electrons. The molecule has 0 heterocycles. The smallest absolute Gasteiger partial charge is 0.339 e. The molecule has 12 heteroatoms. The first-order valence-electron chi connectivity index (χ1n) is 12.7. The number of hydrogen-bond donors (Lipinski definition) is 1. The zero-order valence-electron chi connectivity index (χ0n) is 24.0. The van der Waals surface area contributed by atoms with Crippen LogP contribution in [0.3, 0.4) is 0 Å². The third kappa shape index (κ3) is 8.11. The molecule has 0 spiro atoms. The minimum atomic E-state index is -1.13. The Balaban J connectivity index is 0.000000240. The van der Waals surface area contributed by atoms with Crippen LogP contribution in [0.1, 0.15) is 43.0 Å². The van der Waals surface area contributed by atoms with Gasteiger partial charge in [0.05, 0.1) is 44.0 Å². The summed E-state index contributed by atoms with van der Waals surface area (Å²) in [5, 5.41) is 8.63. The maximum atomic E-state index is 14.0. The lowest BCUT2D eigenvalue weighted by Gasteiger charge is -2.14. The molecular weight excluding hydrogens is 641 g/mol. The van der Waals surface area contributed by atoms with Crippen LogP contribution >= 0.6 is 34.8 Å². The average molecular weight is 668 g/mol. The van der Waals surface area contributed by atoms with Crippen molar-refractivity contribution >= 4 is 46.0 Å². The fourth-order valence-corrected chi connectivity index (χ4v) is 4.84. The standard InChI is InChI=1S/C16H13Cl2FO3.C16H14ClFO4/c1-21-13-8-14(22-2)11(16(18)20)7-10(13)6-9-4-3-5-12(17)15(9)19;1-21-13-8-14(22-2)11(16(19)20)7-10(13)6-9-4-3-5-12(17)15(9)18/h3-5,7-8H,6H2,1-2H3;3-5,7-8H,6H2,1-2H3,(H,19,20). The summed E-state index contributed by atoms with van der Waals surface area (Å²) in [5.41, 5.74) is 2.06. The summed E-state index contributed by atoms with van der Waals surface area (Å²) < 4.78 is 48.7. The quantitative estimate of drug-likeness (QED) is 0.170. The minimum Gasteiger partial charge on any atom is -0.496 e. The zero-order valence-corrected chi connectivity index (χ0v) is 26.2. The molecule has 0 radical (unpaired) electrons. The zero-order chi connectivity index (χ0) is 32.6. The van der Waals surface area contributed by atoms with Crippen molar-refractivity contribution in [1.82, 2.24) is 0 Å². The molecule has 0 fully saturated rings. The number of ether oxygens (including phenoxy) is 4. The molecule has 4 aromatic carbocycles. The van der Waals surface area contributed by atoms with E-state index in [9.17, 15) is 23.5 Å². The van der Waals surface area contributed by atoms with Crippen LogP contribution in [0.5, 0.6) is 23.0 Å². The van der Waals surface area contributed by atoms with Crippen LogP contribution in [0.2, 0.25) is 10.0 Å². The summed E-state index contributed by atoms with van der Waals surface area (Å²) in [6, 6.07) is 15.4. The predicted octanol–water partition coefficient (Wildman–Crippen LogP) is 8.25. The van der Waals surface area contributed by atoms with Gasteiger partial charge in [-0.2, -0.15) is 0 Å². The number of carbonyl (C=O) groups excluding carboxylic acids is 1. The van der Waals surface area contributed by atoms with Crippen molar-refractivity contribution in [2.75, 3.05) is 28.4 Å². The van der Waals surface area contributed by atoms with Crippen molar-refractivity contribution in [2.45, 2.75) is 12.8 Å². The summed E-state index contributed by atoms with van der Waals surface area (Å²) in [6.45, 7) is 0. The van der Waals surface area contributed by atoms with Crippen LogP contribution in [0, 0.1) is 11.6 Å². The van der Waals surface area contributed by atoms with Crippen molar-refractivity contribution < 1.29 is 42.4 Å². The van der Waals surface area contributed by atoms with E-state index in [-0.39, 0.29) is 39.8 Å².